The topological polar surface area (TPSA) is 105 Å². The molecule has 2 atom stereocenters. The largest absolute Gasteiger partial charge is 0.495 e. The summed E-state index contributed by atoms with van der Waals surface area (Å²) in [6.07, 6.45) is 4.40. The van der Waals surface area contributed by atoms with Crippen molar-refractivity contribution in [3.8, 4) is 5.75 Å². The van der Waals surface area contributed by atoms with Gasteiger partial charge in [-0.05, 0) is 69.2 Å². The SMILES string of the molecule is COc1ccc(NC(=O)C(C)(C)Sc2ccc(NC(=O)[C@@H]3CC=CC[C@@H]3C(=O)O)cc2)cc1Cl. The van der Waals surface area contributed by atoms with Gasteiger partial charge in [0.1, 0.15) is 5.75 Å². The molecule has 0 spiro atoms. The van der Waals surface area contributed by atoms with E-state index in [0.717, 1.165) is 4.90 Å². The van der Waals surface area contributed by atoms with E-state index in [9.17, 15) is 19.5 Å². The fourth-order valence-corrected chi connectivity index (χ4v) is 4.85. The lowest BCUT2D eigenvalue weighted by atomic mass is 9.82. The highest BCUT2D eigenvalue weighted by Crippen LogP contribution is 2.35. The van der Waals surface area contributed by atoms with Crippen molar-refractivity contribution in [3.05, 3.63) is 59.6 Å². The van der Waals surface area contributed by atoms with Crippen LogP contribution in [0.25, 0.3) is 0 Å². The highest BCUT2D eigenvalue weighted by atomic mass is 35.5. The molecule has 34 heavy (non-hydrogen) atoms. The van der Waals surface area contributed by atoms with E-state index >= 15 is 0 Å². The molecule has 0 fully saturated rings. The molecule has 180 valence electrons. The molecule has 1 aliphatic rings. The van der Waals surface area contributed by atoms with Crippen molar-refractivity contribution in [1.29, 1.82) is 0 Å². The summed E-state index contributed by atoms with van der Waals surface area (Å²) >= 11 is 7.51. The van der Waals surface area contributed by atoms with Gasteiger partial charge < -0.3 is 20.5 Å². The van der Waals surface area contributed by atoms with E-state index in [-0.39, 0.29) is 11.8 Å². The Balaban J connectivity index is 1.61. The van der Waals surface area contributed by atoms with E-state index in [2.05, 4.69) is 10.6 Å². The van der Waals surface area contributed by atoms with E-state index in [0.29, 0.717) is 35.0 Å². The number of nitrogens with one attached hydrogen (secondary N) is 2. The molecule has 2 amide bonds. The van der Waals surface area contributed by atoms with Crippen molar-refractivity contribution < 1.29 is 24.2 Å². The van der Waals surface area contributed by atoms with Crippen LogP contribution in [0.5, 0.6) is 5.75 Å². The van der Waals surface area contributed by atoms with Crippen molar-refractivity contribution in [2.75, 3.05) is 17.7 Å². The predicted octanol–water partition coefficient (Wildman–Crippen LogP) is 5.46. The van der Waals surface area contributed by atoms with Crippen molar-refractivity contribution >= 4 is 52.5 Å². The Kier molecular flexibility index (Phi) is 8.28. The standard InChI is InChI=1S/C25H27ClN2O5S/c1-25(2,24(32)28-16-10-13-21(33-3)20(26)14-16)34-17-11-8-15(9-12-17)27-22(29)18-6-4-5-7-19(18)23(30)31/h4-5,8-14,18-19H,6-7H2,1-3H3,(H,27,29)(H,28,32)(H,30,31)/t18-,19+/m1/s1. The number of carbonyl (C=O) groups is 3. The summed E-state index contributed by atoms with van der Waals surface area (Å²) in [7, 11) is 1.52. The molecule has 3 rings (SSSR count). The second-order valence-corrected chi connectivity index (χ2v) is 10.5. The minimum Gasteiger partial charge on any atom is -0.495 e. The quantitative estimate of drug-likeness (QED) is 0.327. The van der Waals surface area contributed by atoms with Gasteiger partial charge in [-0.25, -0.2) is 0 Å². The van der Waals surface area contributed by atoms with Gasteiger partial charge >= 0.3 is 5.97 Å². The van der Waals surface area contributed by atoms with Crippen LogP contribution in [0.3, 0.4) is 0 Å². The lowest BCUT2D eigenvalue weighted by Crippen LogP contribution is -2.34. The maximum atomic E-state index is 12.9. The lowest BCUT2D eigenvalue weighted by Gasteiger charge is -2.24. The summed E-state index contributed by atoms with van der Waals surface area (Å²) in [5.41, 5.74) is 1.14. The molecular weight excluding hydrogens is 476 g/mol. The van der Waals surface area contributed by atoms with Crippen LogP contribution in [0.1, 0.15) is 26.7 Å². The highest BCUT2D eigenvalue weighted by Gasteiger charge is 2.34. The van der Waals surface area contributed by atoms with E-state index in [1.54, 1.807) is 36.4 Å². The fraction of sp³-hybridized carbons (Fsp3) is 0.320. The number of carboxylic acids is 1. The van der Waals surface area contributed by atoms with Gasteiger partial charge in [-0.15, -0.1) is 11.8 Å². The van der Waals surface area contributed by atoms with Gasteiger partial charge in [-0.1, -0.05) is 23.8 Å². The van der Waals surface area contributed by atoms with Gasteiger partial charge in [-0.3, -0.25) is 14.4 Å². The summed E-state index contributed by atoms with van der Waals surface area (Å²) in [6, 6.07) is 12.2. The molecule has 1 aliphatic carbocycles. The van der Waals surface area contributed by atoms with Crippen LogP contribution in [-0.2, 0) is 14.4 Å². The molecule has 0 aliphatic heterocycles. The number of thioether (sulfide) groups is 1. The highest BCUT2D eigenvalue weighted by molar-refractivity contribution is 8.01. The first-order chi connectivity index (χ1) is 16.1. The zero-order valence-electron chi connectivity index (χ0n) is 19.1. The van der Waals surface area contributed by atoms with Gasteiger partial charge in [0, 0.05) is 16.3 Å². The lowest BCUT2D eigenvalue weighted by molar-refractivity contribution is -0.146. The molecule has 0 bridgehead atoms. The third-order valence-electron chi connectivity index (χ3n) is 5.54. The minimum absolute atomic E-state index is 0.193. The number of hydrogen-bond acceptors (Lipinski definition) is 5. The third kappa shape index (κ3) is 6.33. The molecular formula is C25H27ClN2O5S. The number of rotatable bonds is 8. The summed E-state index contributed by atoms with van der Waals surface area (Å²) < 4.78 is 4.34. The molecule has 2 aromatic carbocycles. The fourth-order valence-electron chi connectivity index (χ4n) is 3.58. The first-order valence-corrected chi connectivity index (χ1v) is 11.9. The monoisotopic (exact) mass is 502 g/mol. The number of benzene rings is 2. The van der Waals surface area contributed by atoms with E-state index in [4.69, 9.17) is 16.3 Å². The van der Waals surface area contributed by atoms with Crippen molar-refractivity contribution in [3.63, 3.8) is 0 Å². The Morgan fingerprint density at radius 1 is 1.00 bits per heavy atom. The summed E-state index contributed by atoms with van der Waals surface area (Å²) in [5.74, 6) is -2.27. The van der Waals surface area contributed by atoms with Crippen LogP contribution < -0.4 is 15.4 Å². The number of anilines is 2. The van der Waals surface area contributed by atoms with Gasteiger partial charge in [-0.2, -0.15) is 0 Å². The van der Waals surface area contributed by atoms with Gasteiger partial charge in [0.25, 0.3) is 0 Å². The summed E-state index contributed by atoms with van der Waals surface area (Å²) in [6.45, 7) is 3.63. The third-order valence-corrected chi connectivity index (χ3v) is 7.04. The molecule has 0 saturated heterocycles. The smallest absolute Gasteiger partial charge is 0.307 e. The Hall–Kier alpha value is -2.97. The number of ether oxygens (including phenoxy) is 1. The Morgan fingerprint density at radius 3 is 2.21 bits per heavy atom. The van der Waals surface area contributed by atoms with Crippen LogP contribution in [-0.4, -0.2) is 34.7 Å². The number of methoxy groups -OCH3 is 1. The van der Waals surface area contributed by atoms with Gasteiger partial charge in [0.2, 0.25) is 11.8 Å². The maximum Gasteiger partial charge on any atom is 0.307 e. The molecule has 0 aromatic heterocycles. The molecule has 0 heterocycles. The average molecular weight is 503 g/mol. The number of carbonyl (C=O) groups excluding carboxylic acids is 2. The van der Waals surface area contributed by atoms with Crippen LogP contribution in [0, 0.1) is 11.8 Å². The first-order valence-electron chi connectivity index (χ1n) is 10.7. The van der Waals surface area contributed by atoms with Crippen LogP contribution in [0.4, 0.5) is 11.4 Å². The van der Waals surface area contributed by atoms with E-state index in [1.807, 2.05) is 32.1 Å². The van der Waals surface area contributed by atoms with Crippen molar-refractivity contribution in [2.24, 2.45) is 11.8 Å². The first kappa shape index (κ1) is 25.6. The maximum absolute atomic E-state index is 12.9. The molecule has 2 aromatic rings. The number of allylic oxidation sites excluding steroid dienone is 2. The van der Waals surface area contributed by atoms with Gasteiger partial charge in [0.15, 0.2) is 0 Å². The molecule has 7 nitrogen and oxygen atoms in total. The molecule has 9 heteroatoms. The number of hydrogen-bond donors (Lipinski definition) is 3. The zero-order valence-corrected chi connectivity index (χ0v) is 20.7. The number of carboxylic acid groups (broad SMARTS) is 1. The summed E-state index contributed by atoms with van der Waals surface area (Å²) in [5, 5.41) is 15.5. The van der Waals surface area contributed by atoms with Crippen molar-refractivity contribution in [2.45, 2.75) is 36.3 Å². The zero-order chi connectivity index (χ0) is 24.9. The van der Waals surface area contributed by atoms with Gasteiger partial charge in [0.05, 0.1) is 28.7 Å². The number of halogens is 1. The number of aliphatic carboxylic acids is 1. The van der Waals surface area contributed by atoms with Crippen molar-refractivity contribution in [1.82, 2.24) is 0 Å². The normalized spacial score (nSPS) is 17.6. The predicted molar refractivity (Wildman–Crippen MR) is 135 cm³/mol. The average Bonchev–Trinajstić information content (AvgIpc) is 2.80. The van der Waals surface area contributed by atoms with Crippen LogP contribution in [0.2, 0.25) is 5.02 Å². The number of amides is 2. The minimum atomic E-state index is -0.964. The molecule has 0 unspecified atom stereocenters. The summed E-state index contributed by atoms with van der Waals surface area (Å²) in [4.78, 5) is 37.8. The van der Waals surface area contributed by atoms with Crippen LogP contribution >= 0.6 is 23.4 Å². The second-order valence-electron chi connectivity index (χ2n) is 8.42. The Morgan fingerprint density at radius 2 is 1.62 bits per heavy atom. The molecule has 0 radical (unpaired) electrons. The molecule has 0 saturated carbocycles. The molecule has 3 N–H and O–H groups in total. The second kappa shape index (κ2) is 11.0. The van der Waals surface area contributed by atoms with E-state index < -0.39 is 22.6 Å². The van der Waals surface area contributed by atoms with Crippen LogP contribution in [0.15, 0.2) is 59.5 Å². The Labute approximate surface area is 207 Å². The Bertz CT molecular complexity index is 1100. The van der Waals surface area contributed by atoms with E-state index in [1.165, 1.54) is 18.9 Å².